The summed E-state index contributed by atoms with van der Waals surface area (Å²) in [5.74, 6) is 0.587. The molecule has 6 rings (SSSR count). The molecular formula is C24H28FN3O2. The van der Waals surface area contributed by atoms with E-state index in [2.05, 4.69) is 5.10 Å². The van der Waals surface area contributed by atoms with Gasteiger partial charge in [0, 0.05) is 34.8 Å². The van der Waals surface area contributed by atoms with Crippen LogP contribution in [0.2, 0.25) is 0 Å². The third-order valence-corrected chi connectivity index (χ3v) is 7.13. The lowest BCUT2D eigenvalue weighted by atomic mass is 9.90. The van der Waals surface area contributed by atoms with Gasteiger partial charge in [-0.25, -0.2) is 4.39 Å². The van der Waals surface area contributed by atoms with Crippen LogP contribution in [0.5, 0.6) is 5.75 Å². The Hall–Kier alpha value is -2.37. The maximum atomic E-state index is 15.6. The highest BCUT2D eigenvalue weighted by atomic mass is 19.1. The molecule has 0 N–H and O–H groups in total. The Morgan fingerprint density at radius 2 is 1.97 bits per heavy atom. The van der Waals surface area contributed by atoms with E-state index < -0.39 is 0 Å². The van der Waals surface area contributed by atoms with Crippen LogP contribution < -0.4 is 9.64 Å². The van der Waals surface area contributed by atoms with Gasteiger partial charge in [-0.1, -0.05) is 0 Å². The summed E-state index contributed by atoms with van der Waals surface area (Å²) >= 11 is 0. The summed E-state index contributed by atoms with van der Waals surface area (Å²) in [5, 5.41) is 4.51. The number of nitrogens with zero attached hydrogens (tertiary/aromatic N) is 3. The van der Waals surface area contributed by atoms with E-state index >= 15 is 4.39 Å². The van der Waals surface area contributed by atoms with Crippen molar-refractivity contribution in [2.75, 3.05) is 4.90 Å². The predicted octanol–water partition coefficient (Wildman–Crippen LogP) is 5.03. The molecule has 1 amide bonds. The summed E-state index contributed by atoms with van der Waals surface area (Å²) in [7, 11) is 0. The third kappa shape index (κ3) is 3.03. The average Bonchev–Trinajstić information content (AvgIpc) is 3.63. The number of benzene rings is 1. The van der Waals surface area contributed by atoms with E-state index in [1.54, 1.807) is 11.0 Å². The first-order chi connectivity index (χ1) is 14.6. The molecule has 2 aromatic rings. The van der Waals surface area contributed by atoms with Gasteiger partial charge in [0.25, 0.3) is 0 Å². The van der Waals surface area contributed by atoms with Crippen molar-refractivity contribution in [2.45, 2.75) is 82.9 Å². The van der Waals surface area contributed by atoms with Gasteiger partial charge >= 0.3 is 0 Å². The van der Waals surface area contributed by atoms with Crippen LogP contribution in [0.15, 0.2) is 18.5 Å². The Balaban J connectivity index is 1.48. The SMILES string of the molecule is C[C@H]1CCc2c(OC3CCC3)c(-c3cnn(C4CC4)c3)cc(F)c2N1C(=O)C1CC1. The minimum atomic E-state index is -0.319. The van der Waals surface area contributed by atoms with Crippen molar-refractivity contribution in [1.29, 1.82) is 0 Å². The van der Waals surface area contributed by atoms with Crippen molar-refractivity contribution in [3.8, 4) is 16.9 Å². The minimum absolute atomic E-state index is 0.0140. The van der Waals surface area contributed by atoms with Gasteiger partial charge in [0.15, 0.2) is 0 Å². The summed E-state index contributed by atoms with van der Waals surface area (Å²) in [6, 6.07) is 2.07. The Labute approximate surface area is 176 Å². The first-order valence-corrected chi connectivity index (χ1v) is 11.5. The van der Waals surface area contributed by atoms with E-state index in [0.717, 1.165) is 73.8 Å². The molecule has 0 radical (unpaired) electrons. The highest BCUT2D eigenvalue weighted by molar-refractivity contribution is 5.99. The summed E-state index contributed by atoms with van der Waals surface area (Å²) in [4.78, 5) is 14.8. The molecule has 0 bridgehead atoms. The molecule has 3 saturated carbocycles. The Morgan fingerprint density at radius 1 is 1.17 bits per heavy atom. The molecule has 2 heterocycles. The Morgan fingerprint density at radius 3 is 2.63 bits per heavy atom. The van der Waals surface area contributed by atoms with Gasteiger partial charge in [0.1, 0.15) is 11.6 Å². The van der Waals surface area contributed by atoms with Gasteiger partial charge in [-0.05, 0) is 70.8 Å². The average molecular weight is 410 g/mol. The van der Waals surface area contributed by atoms with Gasteiger partial charge in [0.05, 0.1) is 24.0 Å². The molecule has 0 unspecified atom stereocenters. The zero-order valence-corrected chi connectivity index (χ0v) is 17.4. The second-order valence-electron chi connectivity index (χ2n) is 9.54. The quantitative estimate of drug-likeness (QED) is 0.696. The van der Waals surface area contributed by atoms with Crippen molar-refractivity contribution in [2.24, 2.45) is 5.92 Å². The molecule has 0 spiro atoms. The Bertz CT molecular complexity index is 1000. The number of hydrogen-bond acceptors (Lipinski definition) is 3. The minimum Gasteiger partial charge on any atom is -0.489 e. The van der Waals surface area contributed by atoms with Crippen LogP contribution in [0.4, 0.5) is 10.1 Å². The fourth-order valence-corrected chi connectivity index (χ4v) is 4.74. The summed E-state index contributed by atoms with van der Waals surface area (Å²) in [6.07, 6.45) is 13.0. The van der Waals surface area contributed by atoms with Crippen molar-refractivity contribution in [3.05, 3.63) is 29.8 Å². The molecule has 158 valence electrons. The summed E-state index contributed by atoms with van der Waals surface area (Å²) in [5.41, 5.74) is 3.00. The number of rotatable bonds is 5. The molecule has 5 nitrogen and oxygen atoms in total. The molecule has 6 heteroatoms. The van der Waals surface area contributed by atoms with Crippen molar-refractivity contribution >= 4 is 11.6 Å². The number of amides is 1. The molecular weight excluding hydrogens is 381 g/mol. The van der Waals surface area contributed by atoms with E-state index in [4.69, 9.17) is 4.74 Å². The number of aromatic nitrogens is 2. The second kappa shape index (κ2) is 6.82. The Kier molecular flexibility index (Phi) is 4.19. The number of carbonyl (C=O) groups excluding carboxylic acids is 1. The highest BCUT2D eigenvalue weighted by Gasteiger charge is 2.41. The van der Waals surface area contributed by atoms with Gasteiger partial charge in [-0.3, -0.25) is 9.48 Å². The lowest BCUT2D eigenvalue weighted by molar-refractivity contribution is -0.120. The lowest BCUT2D eigenvalue weighted by Crippen LogP contribution is -2.44. The van der Waals surface area contributed by atoms with Gasteiger partial charge in [0.2, 0.25) is 5.91 Å². The van der Waals surface area contributed by atoms with Crippen LogP contribution in [0.3, 0.4) is 0 Å². The van der Waals surface area contributed by atoms with E-state index in [1.165, 1.54) is 6.42 Å². The van der Waals surface area contributed by atoms with Gasteiger partial charge < -0.3 is 9.64 Å². The first-order valence-electron chi connectivity index (χ1n) is 11.5. The normalized spacial score (nSPS) is 23.8. The lowest BCUT2D eigenvalue weighted by Gasteiger charge is -2.38. The fourth-order valence-electron chi connectivity index (χ4n) is 4.74. The first kappa shape index (κ1) is 18.4. The predicted molar refractivity (Wildman–Crippen MR) is 112 cm³/mol. The molecule has 30 heavy (non-hydrogen) atoms. The monoisotopic (exact) mass is 409 g/mol. The largest absolute Gasteiger partial charge is 0.489 e. The van der Waals surface area contributed by atoms with E-state index in [9.17, 15) is 4.79 Å². The summed E-state index contributed by atoms with van der Waals surface area (Å²) in [6.45, 7) is 2.03. The fraction of sp³-hybridized carbons (Fsp3) is 0.583. The zero-order valence-electron chi connectivity index (χ0n) is 17.4. The molecule has 1 aromatic carbocycles. The number of hydrogen-bond donors (Lipinski definition) is 0. The molecule has 1 aliphatic heterocycles. The number of carbonyl (C=O) groups is 1. The highest BCUT2D eigenvalue weighted by Crippen LogP contribution is 2.48. The third-order valence-electron chi connectivity index (χ3n) is 7.13. The van der Waals surface area contributed by atoms with Crippen LogP contribution in [0.25, 0.3) is 11.1 Å². The molecule has 0 saturated heterocycles. The molecule has 3 fully saturated rings. The molecule has 1 aromatic heterocycles. The van der Waals surface area contributed by atoms with E-state index in [-0.39, 0.29) is 29.8 Å². The van der Waals surface area contributed by atoms with Crippen LogP contribution in [-0.2, 0) is 11.2 Å². The van der Waals surface area contributed by atoms with Crippen LogP contribution in [0.1, 0.15) is 69.9 Å². The van der Waals surface area contributed by atoms with Crippen molar-refractivity contribution < 1.29 is 13.9 Å². The van der Waals surface area contributed by atoms with Gasteiger partial charge in [-0.2, -0.15) is 5.10 Å². The topological polar surface area (TPSA) is 47.4 Å². The van der Waals surface area contributed by atoms with Crippen molar-refractivity contribution in [1.82, 2.24) is 9.78 Å². The number of ether oxygens (including phenoxy) is 1. The van der Waals surface area contributed by atoms with E-state index in [1.807, 2.05) is 24.0 Å². The maximum Gasteiger partial charge on any atom is 0.230 e. The summed E-state index contributed by atoms with van der Waals surface area (Å²) < 4.78 is 24.1. The second-order valence-corrected chi connectivity index (χ2v) is 9.54. The van der Waals surface area contributed by atoms with E-state index in [0.29, 0.717) is 11.7 Å². The zero-order chi connectivity index (χ0) is 20.4. The number of fused-ring (bicyclic) bond motifs is 1. The van der Waals surface area contributed by atoms with Crippen LogP contribution in [0, 0.1) is 11.7 Å². The smallest absolute Gasteiger partial charge is 0.230 e. The molecule has 1 atom stereocenters. The van der Waals surface area contributed by atoms with Crippen LogP contribution in [-0.4, -0.2) is 27.8 Å². The van der Waals surface area contributed by atoms with Crippen molar-refractivity contribution in [3.63, 3.8) is 0 Å². The molecule has 4 aliphatic rings. The van der Waals surface area contributed by atoms with Crippen LogP contribution >= 0.6 is 0 Å². The molecule has 3 aliphatic carbocycles. The number of halogens is 1. The maximum absolute atomic E-state index is 15.6. The van der Waals surface area contributed by atoms with Gasteiger partial charge in [-0.15, -0.1) is 0 Å². The standard InChI is InChI=1S/C24H28FN3O2/c1-14-5-10-19-22(28(14)24(29)15-6-7-15)21(25)11-20(23(19)30-18-3-2-4-18)16-12-26-27(13-16)17-8-9-17/h11-15,17-18H,2-10H2,1H3/t14-/m0/s1. The number of anilines is 1.